The number of hydrogen-bond donors (Lipinski definition) is 1. The van der Waals surface area contributed by atoms with E-state index in [0.717, 1.165) is 21.9 Å². The molecule has 1 N–H and O–H groups in total. The van der Waals surface area contributed by atoms with Crippen LogP contribution in [0.3, 0.4) is 0 Å². The molecule has 2 aliphatic carbocycles. The first kappa shape index (κ1) is 33.8. The highest BCUT2D eigenvalue weighted by molar-refractivity contribution is 6.58. The Morgan fingerprint density at radius 1 is 0.788 bits per heavy atom. The van der Waals surface area contributed by atoms with E-state index in [1.807, 2.05) is 0 Å². The number of nitrogens with zero attached hydrogens (tertiary/aromatic N) is 2. The summed E-state index contributed by atoms with van der Waals surface area (Å²) in [6.45, 7) is 0. The van der Waals surface area contributed by atoms with Crippen LogP contribution in [-0.4, -0.2) is 51.4 Å². The van der Waals surface area contributed by atoms with E-state index in [0.29, 0.717) is 16.7 Å². The van der Waals surface area contributed by atoms with Gasteiger partial charge in [0.05, 0.1) is 30.3 Å². The summed E-state index contributed by atoms with van der Waals surface area (Å²) < 4.78 is 19.6. The first-order chi connectivity index (χ1) is 24.9. The zero-order valence-corrected chi connectivity index (χ0v) is 29.0. The van der Waals surface area contributed by atoms with Gasteiger partial charge in [-0.3, -0.25) is 28.9 Å². The molecule has 2 aliphatic heterocycles. The molecule has 2 saturated heterocycles. The van der Waals surface area contributed by atoms with Crippen LogP contribution < -0.4 is 14.5 Å². The van der Waals surface area contributed by atoms with Gasteiger partial charge in [-0.05, 0) is 79.4 Å². The minimum Gasteiger partial charge on any atom is -0.508 e. The Bertz CT molecular complexity index is 2230. The van der Waals surface area contributed by atoms with Crippen LogP contribution in [0, 0.1) is 23.6 Å². The van der Waals surface area contributed by atoms with Gasteiger partial charge in [0, 0.05) is 22.6 Å². The van der Waals surface area contributed by atoms with Gasteiger partial charge in [0.2, 0.25) is 11.8 Å². The van der Waals surface area contributed by atoms with Crippen molar-refractivity contribution in [3.8, 4) is 11.5 Å². The number of carbonyl (C=O) groups is 5. The highest BCUT2D eigenvalue weighted by Crippen LogP contribution is 2.67. The monoisotopic (exact) mass is 738 g/mol. The van der Waals surface area contributed by atoms with Gasteiger partial charge >= 0.3 is 0 Å². The molecule has 0 bridgehead atoms. The van der Waals surface area contributed by atoms with Crippen LogP contribution in [-0.2, 0) is 19.2 Å². The van der Waals surface area contributed by atoms with Gasteiger partial charge in [-0.15, -0.1) is 23.2 Å². The van der Waals surface area contributed by atoms with Crippen molar-refractivity contribution in [1.29, 1.82) is 0 Å². The number of halogens is 3. The molecule has 9 nitrogen and oxygen atoms in total. The molecule has 0 unspecified atom stereocenters. The van der Waals surface area contributed by atoms with E-state index in [4.69, 9.17) is 27.9 Å². The zero-order valence-electron chi connectivity index (χ0n) is 27.5. The maximum Gasteiger partial charge on any atom is 0.258 e. The van der Waals surface area contributed by atoms with Gasteiger partial charge < -0.3 is 9.84 Å². The number of phenolic OH excluding ortho intramolecular Hbond substituents is 1. The summed E-state index contributed by atoms with van der Waals surface area (Å²) in [6.07, 6.45) is 1.55. The van der Waals surface area contributed by atoms with Crippen molar-refractivity contribution in [2.24, 2.45) is 17.8 Å². The van der Waals surface area contributed by atoms with Crippen LogP contribution in [0.25, 0.3) is 0 Å². The average molecular weight is 740 g/mol. The number of anilines is 2. The SMILES string of the molecule is COc1cccc(O)c1[C@H]1C2=CC[C@@H]3C(=O)N(c4ccc(C(=O)c5ccccc5)cc4)C(=O)[C@@H]3[C@@H]2C[C@@]2(Cl)C(=O)N(c3ccc(F)cc3)C(=O)[C@@]12Cl. The fourth-order valence-electron chi connectivity index (χ4n) is 8.49. The molecular weight excluding hydrogens is 710 g/mol. The minimum atomic E-state index is -2.24. The molecule has 4 amide bonds. The third-order valence-electron chi connectivity index (χ3n) is 10.9. The molecule has 0 spiro atoms. The number of carbonyl (C=O) groups excluding carboxylic acids is 5. The second kappa shape index (κ2) is 12.1. The number of rotatable bonds is 6. The molecule has 0 aromatic heterocycles. The van der Waals surface area contributed by atoms with Crippen molar-refractivity contribution in [3.05, 3.63) is 131 Å². The Kier molecular flexibility index (Phi) is 7.89. The molecule has 12 heteroatoms. The predicted octanol–water partition coefficient (Wildman–Crippen LogP) is 6.54. The maximum absolute atomic E-state index is 14.6. The molecule has 4 aromatic carbocycles. The number of alkyl halides is 2. The fraction of sp³-hybridized carbons (Fsp3) is 0.225. The number of imide groups is 2. The number of allylic oxidation sites excluding steroid dienone is 2. The molecule has 4 aliphatic rings. The topological polar surface area (TPSA) is 121 Å². The molecule has 262 valence electrons. The Morgan fingerprint density at radius 2 is 1.42 bits per heavy atom. The summed E-state index contributed by atoms with van der Waals surface area (Å²) >= 11 is 14.8. The zero-order chi connectivity index (χ0) is 36.7. The normalized spacial score (nSPS) is 28.0. The number of aromatic hydroxyl groups is 1. The summed E-state index contributed by atoms with van der Waals surface area (Å²) in [5.74, 6) is -7.70. The number of hydrogen-bond acceptors (Lipinski definition) is 7. The quantitative estimate of drug-likeness (QED) is 0.103. The van der Waals surface area contributed by atoms with Crippen LogP contribution in [0.15, 0.2) is 109 Å². The molecule has 2 heterocycles. The number of fused-ring (bicyclic) bond motifs is 4. The third-order valence-corrected chi connectivity index (χ3v) is 12.3. The van der Waals surface area contributed by atoms with Crippen LogP contribution in [0.4, 0.5) is 15.8 Å². The van der Waals surface area contributed by atoms with Gasteiger partial charge in [0.25, 0.3) is 11.8 Å². The third kappa shape index (κ3) is 4.63. The van der Waals surface area contributed by atoms with E-state index >= 15 is 0 Å². The molecule has 1 saturated carbocycles. The number of ether oxygens (including phenoxy) is 1. The van der Waals surface area contributed by atoms with E-state index in [2.05, 4.69) is 0 Å². The summed E-state index contributed by atoms with van der Waals surface area (Å²) in [5, 5.41) is 11.3. The smallest absolute Gasteiger partial charge is 0.258 e. The lowest BCUT2D eigenvalue weighted by Crippen LogP contribution is -2.60. The van der Waals surface area contributed by atoms with E-state index in [1.54, 1.807) is 72.8 Å². The van der Waals surface area contributed by atoms with Crippen molar-refractivity contribution in [2.45, 2.75) is 28.5 Å². The summed E-state index contributed by atoms with van der Waals surface area (Å²) in [5.41, 5.74) is 1.72. The van der Waals surface area contributed by atoms with Crippen molar-refractivity contribution >= 4 is 64.0 Å². The molecule has 8 rings (SSSR count). The summed E-state index contributed by atoms with van der Waals surface area (Å²) in [6, 6.07) is 24.1. The van der Waals surface area contributed by atoms with Crippen LogP contribution >= 0.6 is 23.2 Å². The number of methoxy groups -OCH3 is 1. The second-order valence-corrected chi connectivity index (χ2v) is 14.6. The van der Waals surface area contributed by atoms with Crippen molar-refractivity contribution < 1.29 is 38.2 Å². The minimum absolute atomic E-state index is 0.0381. The highest BCUT2D eigenvalue weighted by Gasteiger charge is 2.77. The standard InChI is InChI=1S/C40H29Cl2FN2O7/c1-52-30-9-5-8-29(46)32(30)33-26-18-19-27-31(28(26)20-39(41)37(50)45(38(51)40(33,39)42)25-16-12-23(43)13-17-25)36(49)44(35(27)48)24-14-10-22(11-15-24)34(47)21-6-3-2-4-7-21/h2-18,27-28,31,33,46H,19-20H2,1H3/t27-,28+,31-,33+,39+,40-/m0/s1. The van der Waals surface area contributed by atoms with E-state index in [9.17, 15) is 33.5 Å². The number of phenols is 1. The Labute approximate surface area is 307 Å². The summed E-state index contributed by atoms with van der Waals surface area (Å²) in [7, 11) is 1.38. The predicted molar refractivity (Wildman–Crippen MR) is 190 cm³/mol. The fourth-order valence-corrected chi connectivity index (χ4v) is 9.41. The average Bonchev–Trinajstić information content (AvgIpc) is 3.49. The van der Waals surface area contributed by atoms with E-state index < -0.39 is 62.9 Å². The summed E-state index contributed by atoms with van der Waals surface area (Å²) in [4.78, 5) is 68.1. The van der Waals surface area contributed by atoms with E-state index in [-0.39, 0.29) is 47.1 Å². The van der Waals surface area contributed by atoms with E-state index in [1.165, 1.54) is 25.3 Å². The lowest BCUT2D eigenvalue weighted by Gasteiger charge is -2.50. The molecule has 3 fully saturated rings. The maximum atomic E-state index is 14.6. The Balaban J connectivity index is 1.22. The Hall–Kier alpha value is -5.32. The Morgan fingerprint density at radius 3 is 2.10 bits per heavy atom. The molecule has 52 heavy (non-hydrogen) atoms. The van der Waals surface area contributed by atoms with Gasteiger partial charge in [-0.2, -0.15) is 0 Å². The lowest BCUT2D eigenvalue weighted by molar-refractivity contribution is -0.125. The lowest BCUT2D eigenvalue weighted by atomic mass is 9.56. The first-order valence-electron chi connectivity index (χ1n) is 16.6. The molecule has 6 atom stereocenters. The highest BCUT2D eigenvalue weighted by atomic mass is 35.5. The number of benzene rings is 4. The van der Waals surface area contributed by atoms with Crippen LogP contribution in [0.1, 0.15) is 40.2 Å². The van der Waals surface area contributed by atoms with Gasteiger partial charge in [-0.25, -0.2) is 9.29 Å². The molecule has 0 radical (unpaired) electrons. The van der Waals surface area contributed by atoms with Crippen molar-refractivity contribution in [3.63, 3.8) is 0 Å². The van der Waals surface area contributed by atoms with Gasteiger partial charge in [-0.1, -0.05) is 48.0 Å². The molecule has 4 aromatic rings. The number of ketones is 1. The second-order valence-electron chi connectivity index (χ2n) is 13.4. The molecular formula is C40H29Cl2FN2O7. The van der Waals surface area contributed by atoms with Crippen LogP contribution in [0.5, 0.6) is 11.5 Å². The first-order valence-corrected chi connectivity index (χ1v) is 17.3. The number of amides is 4. The van der Waals surface area contributed by atoms with Crippen molar-refractivity contribution in [1.82, 2.24) is 0 Å². The van der Waals surface area contributed by atoms with Gasteiger partial charge in [0.1, 0.15) is 17.3 Å². The largest absolute Gasteiger partial charge is 0.508 e. The van der Waals surface area contributed by atoms with Crippen molar-refractivity contribution in [2.75, 3.05) is 16.9 Å². The van der Waals surface area contributed by atoms with Crippen LogP contribution in [0.2, 0.25) is 0 Å². The van der Waals surface area contributed by atoms with Gasteiger partial charge in [0.15, 0.2) is 15.5 Å².